The normalized spacial score (nSPS) is 13.6. The highest BCUT2D eigenvalue weighted by Crippen LogP contribution is 2.28. The molecule has 0 aliphatic carbocycles. The third-order valence-electron chi connectivity index (χ3n) is 6.34. The highest BCUT2D eigenvalue weighted by Gasteiger charge is 2.38. The first-order valence-electron chi connectivity index (χ1n) is 14.5. The fourth-order valence-electron chi connectivity index (χ4n) is 4.24. The van der Waals surface area contributed by atoms with Crippen molar-refractivity contribution in [2.24, 2.45) is 5.92 Å². The summed E-state index contributed by atoms with van der Waals surface area (Å²) in [6.07, 6.45) is 3.17. The predicted molar refractivity (Wildman–Crippen MR) is 165 cm³/mol. The van der Waals surface area contributed by atoms with Crippen molar-refractivity contribution in [3.05, 3.63) is 35.4 Å². The molecule has 0 radical (unpaired) electrons. The van der Waals surface area contributed by atoms with Crippen molar-refractivity contribution < 1.29 is 28.7 Å². The SMILES string of the molecule is CCOC(=O)CCNC(=O)C(c1ccc(C)cc1)N(C(=O)C(CCSC)NC(=O)OC(C)(C)C)C(C)CCC(C)C. The number of thioether (sulfide) groups is 1. The molecule has 0 aliphatic heterocycles. The molecular weight excluding hydrogens is 542 g/mol. The monoisotopic (exact) mass is 593 g/mol. The van der Waals surface area contributed by atoms with Crippen LogP contribution in [0, 0.1) is 12.8 Å². The number of amides is 3. The minimum atomic E-state index is -0.968. The first kappa shape index (κ1) is 36.3. The second-order valence-corrected chi connectivity index (χ2v) is 12.7. The smallest absolute Gasteiger partial charge is 0.408 e. The molecule has 0 aliphatic rings. The Kier molecular flexibility index (Phi) is 15.9. The number of hydrogen-bond acceptors (Lipinski definition) is 7. The molecule has 232 valence electrons. The van der Waals surface area contributed by atoms with Gasteiger partial charge in [0.15, 0.2) is 0 Å². The van der Waals surface area contributed by atoms with Gasteiger partial charge >= 0.3 is 12.1 Å². The van der Waals surface area contributed by atoms with Crippen LogP contribution in [0.1, 0.15) is 91.3 Å². The molecule has 3 unspecified atom stereocenters. The highest BCUT2D eigenvalue weighted by atomic mass is 32.2. The Bertz CT molecular complexity index is 977. The van der Waals surface area contributed by atoms with Crippen LogP contribution in [0.4, 0.5) is 4.79 Å². The van der Waals surface area contributed by atoms with Gasteiger partial charge in [0, 0.05) is 12.6 Å². The summed E-state index contributed by atoms with van der Waals surface area (Å²) >= 11 is 1.57. The first-order valence-corrected chi connectivity index (χ1v) is 15.9. The fraction of sp³-hybridized carbons (Fsp3) is 0.677. The standard InChI is InChI=1S/C31H51N3O6S/c1-10-39-26(35)17-19-32-28(36)27(24-15-12-22(4)13-16-24)34(23(5)14-11-21(2)3)29(37)25(18-20-41-9)33-30(38)40-31(6,7)8/h12-13,15-16,21,23,25,27H,10-11,14,17-20H2,1-9H3,(H,32,36)(H,33,38). The molecule has 3 amide bonds. The van der Waals surface area contributed by atoms with E-state index in [1.165, 1.54) is 0 Å². The molecule has 0 aromatic heterocycles. The molecule has 0 saturated heterocycles. The molecular formula is C31H51N3O6S. The van der Waals surface area contributed by atoms with Crippen molar-refractivity contribution in [1.82, 2.24) is 15.5 Å². The van der Waals surface area contributed by atoms with E-state index in [1.54, 1.807) is 44.4 Å². The van der Waals surface area contributed by atoms with E-state index in [0.717, 1.165) is 12.0 Å². The molecule has 2 N–H and O–H groups in total. The summed E-state index contributed by atoms with van der Waals surface area (Å²) in [4.78, 5) is 54.5. The number of benzene rings is 1. The van der Waals surface area contributed by atoms with E-state index >= 15 is 0 Å². The molecule has 0 fully saturated rings. The minimum absolute atomic E-state index is 0.0214. The van der Waals surface area contributed by atoms with Crippen molar-refractivity contribution in [3.8, 4) is 0 Å². The highest BCUT2D eigenvalue weighted by molar-refractivity contribution is 7.98. The van der Waals surface area contributed by atoms with Gasteiger partial charge in [-0.25, -0.2) is 4.79 Å². The second-order valence-electron chi connectivity index (χ2n) is 11.7. The van der Waals surface area contributed by atoms with E-state index in [1.807, 2.05) is 44.4 Å². The van der Waals surface area contributed by atoms with Crippen LogP contribution >= 0.6 is 11.8 Å². The average Bonchev–Trinajstić information content (AvgIpc) is 2.87. The van der Waals surface area contributed by atoms with Gasteiger partial charge in [0.1, 0.15) is 17.7 Å². The Labute approximate surface area is 250 Å². The van der Waals surface area contributed by atoms with Gasteiger partial charge in [-0.2, -0.15) is 11.8 Å². The number of hydrogen-bond donors (Lipinski definition) is 2. The molecule has 1 aromatic rings. The number of alkyl carbamates (subject to hydrolysis) is 1. The zero-order valence-electron chi connectivity index (χ0n) is 26.4. The minimum Gasteiger partial charge on any atom is -0.466 e. The molecule has 10 heteroatoms. The van der Waals surface area contributed by atoms with Crippen LogP contribution in [0.2, 0.25) is 0 Å². The average molecular weight is 594 g/mol. The fourth-order valence-corrected chi connectivity index (χ4v) is 4.71. The Balaban J connectivity index is 3.52. The van der Waals surface area contributed by atoms with E-state index in [0.29, 0.717) is 30.1 Å². The largest absolute Gasteiger partial charge is 0.466 e. The lowest BCUT2D eigenvalue weighted by Gasteiger charge is -2.39. The van der Waals surface area contributed by atoms with Crippen LogP contribution in [0.15, 0.2) is 24.3 Å². The van der Waals surface area contributed by atoms with Crippen molar-refractivity contribution in [2.75, 3.05) is 25.2 Å². The van der Waals surface area contributed by atoms with Gasteiger partial charge in [-0.1, -0.05) is 43.7 Å². The summed E-state index contributed by atoms with van der Waals surface area (Å²) in [6.45, 7) is 15.5. The van der Waals surface area contributed by atoms with Crippen LogP contribution < -0.4 is 10.6 Å². The molecule has 1 rings (SSSR count). The first-order chi connectivity index (χ1) is 19.2. The third-order valence-corrected chi connectivity index (χ3v) is 6.99. The van der Waals surface area contributed by atoms with E-state index in [2.05, 4.69) is 24.5 Å². The van der Waals surface area contributed by atoms with Crippen molar-refractivity contribution in [3.63, 3.8) is 0 Å². The van der Waals surface area contributed by atoms with Gasteiger partial charge in [0.2, 0.25) is 11.8 Å². The van der Waals surface area contributed by atoms with Crippen molar-refractivity contribution >= 4 is 35.6 Å². The molecule has 0 saturated carbocycles. The lowest BCUT2D eigenvalue weighted by molar-refractivity contribution is -0.146. The number of esters is 1. The molecule has 0 spiro atoms. The van der Waals surface area contributed by atoms with E-state index in [4.69, 9.17) is 9.47 Å². The number of carbonyl (C=O) groups is 4. The summed E-state index contributed by atoms with van der Waals surface area (Å²) in [5.74, 6) is -0.132. The van der Waals surface area contributed by atoms with Crippen LogP contribution in [-0.4, -0.2) is 71.6 Å². The quantitative estimate of drug-likeness (QED) is 0.247. The van der Waals surface area contributed by atoms with Gasteiger partial charge < -0.3 is 25.0 Å². The number of aryl methyl sites for hydroxylation is 1. The summed E-state index contributed by atoms with van der Waals surface area (Å²) in [7, 11) is 0. The molecule has 0 heterocycles. The van der Waals surface area contributed by atoms with Crippen LogP contribution in [0.5, 0.6) is 0 Å². The van der Waals surface area contributed by atoms with Crippen molar-refractivity contribution in [2.45, 2.75) is 105 Å². The summed E-state index contributed by atoms with van der Waals surface area (Å²) < 4.78 is 10.5. The maximum atomic E-state index is 14.4. The van der Waals surface area contributed by atoms with Crippen LogP contribution in [-0.2, 0) is 23.9 Å². The molecule has 41 heavy (non-hydrogen) atoms. The zero-order valence-corrected chi connectivity index (χ0v) is 27.2. The van der Waals surface area contributed by atoms with Gasteiger partial charge in [-0.3, -0.25) is 14.4 Å². The van der Waals surface area contributed by atoms with Gasteiger partial charge in [-0.05, 0) is 84.3 Å². The lowest BCUT2D eigenvalue weighted by Crippen LogP contribution is -2.55. The van der Waals surface area contributed by atoms with E-state index in [-0.39, 0.29) is 31.5 Å². The molecule has 9 nitrogen and oxygen atoms in total. The van der Waals surface area contributed by atoms with E-state index in [9.17, 15) is 19.2 Å². The number of rotatable bonds is 16. The van der Waals surface area contributed by atoms with Gasteiger partial charge in [0.25, 0.3) is 0 Å². The Hall–Kier alpha value is -2.75. The molecule has 3 atom stereocenters. The Morgan fingerprint density at radius 2 is 1.63 bits per heavy atom. The second kappa shape index (κ2) is 17.9. The van der Waals surface area contributed by atoms with E-state index < -0.39 is 35.7 Å². The number of ether oxygens (including phenoxy) is 2. The zero-order chi connectivity index (χ0) is 31.2. The topological polar surface area (TPSA) is 114 Å². The predicted octanol–water partition coefficient (Wildman–Crippen LogP) is 5.41. The Morgan fingerprint density at radius 3 is 2.17 bits per heavy atom. The number of nitrogens with zero attached hydrogens (tertiary/aromatic N) is 1. The third kappa shape index (κ3) is 13.6. The summed E-state index contributed by atoms with van der Waals surface area (Å²) in [6, 6.07) is 5.32. The molecule has 0 bridgehead atoms. The summed E-state index contributed by atoms with van der Waals surface area (Å²) in [5.41, 5.74) is 0.935. The van der Waals surface area contributed by atoms with Gasteiger partial charge in [0.05, 0.1) is 13.0 Å². The number of carbonyl (C=O) groups excluding carboxylic acids is 4. The number of nitrogens with one attached hydrogen (secondary N) is 2. The van der Waals surface area contributed by atoms with Gasteiger partial charge in [-0.15, -0.1) is 0 Å². The Morgan fingerprint density at radius 1 is 1.00 bits per heavy atom. The van der Waals surface area contributed by atoms with Crippen molar-refractivity contribution in [1.29, 1.82) is 0 Å². The maximum absolute atomic E-state index is 14.4. The maximum Gasteiger partial charge on any atom is 0.408 e. The van der Waals surface area contributed by atoms with Crippen LogP contribution in [0.3, 0.4) is 0 Å². The molecule has 1 aromatic carbocycles. The summed E-state index contributed by atoms with van der Waals surface area (Å²) in [5, 5.41) is 5.62. The lowest BCUT2D eigenvalue weighted by atomic mass is 9.96. The van der Waals surface area contributed by atoms with Crippen LogP contribution in [0.25, 0.3) is 0 Å².